The second kappa shape index (κ2) is 5.54. The molecule has 3 heteroatoms. The summed E-state index contributed by atoms with van der Waals surface area (Å²) in [6.07, 6.45) is 10.1. The van der Waals surface area contributed by atoms with Crippen LogP contribution in [0.4, 0.5) is 4.79 Å². The van der Waals surface area contributed by atoms with Crippen molar-refractivity contribution < 1.29 is 4.79 Å². The van der Waals surface area contributed by atoms with Gasteiger partial charge in [0.25, 0.3) is 0 Å². The third kappa shape index (κ3) is 3.29. The van der Waals surface area contributed by atoms with Gasteiger partial charge in [-0.3, -0.25) is 0 Å². The highest BCUT2D eigenvalue weighted by molar-refractivity contribution is 5.74. The van der Waals surface area contributed by atoms with Crippen molar-refractivity contribution in [3.05, 3.63) is 0 Å². The molecule has 14 heavy (non-hydrogen) atoms. The van der Waals surface area contributed by atoms with Crippen LogP contribution in [0, 0.1) is 12.3 Å². The predicted molar refractivity (Wildman–Crippen MR) is 56.8 cm³/mol. The smallest absolute Gasteiger partial charge is 0.315 e. The molecule has 1 rings (SSSR count). The molecular formula is C11H18N2O. The van der Waals surface area contributed by atoms with Crippen molar-refractivity contribution >= 4 is 6.03 Å². The Kier molecular flexibility index (Phi) is 4.31. The molecule has 0 spiro atoms. The quantitative estimate of drug-likeness (QED) is 0.656. The van der Waals surface area contributed by atoms with Gasteiger partial charge in [-0.05, 0) is 25.7 Å². The third-order valence-electron chi connectivity index (χ3n) is 2.63. The van der Waals surface area contributed by atoms with Crippen LogP contribution in [0.5, 0.6) is 0 Å². The minimum atomic E-state index is -0.0724. The predicted octanol–water partition coefficient (Wildman–Crippen LogP) is 1.64. The summed E-state index contributed by atoms with van der Waals surface area (Å²) < 4.78 is 0. The molecule has 0 aromatic rings. The fourth-order valence-electron chi connectivity index (χ4n) is 1.40. The van der Waals surface area contributed by atoms with Crippen molar-refractivity contribution in [2.45, 2.75) is 51.1 Å². The largest absolute Gasteiger partial charge is 0.335 e. The first-order valence-corrected chi connectivity index (χ1v) is 5.26. The lowest BCUT2D eigenvalue weighted by molar-refractivity contribution is 0.224. The monoisotopic (exact) mass is 194 g/mol. The summed E-state index contributed by atoms with van der Waals surface area (Å²) in [5.74, 6) is 2.56. The van der Waals surface area contributed by atoms with E-state index in [1.165, 1.54) is 6.42 Å². The van der Waals surface area contributed by atoms with E-state index in [0.717, 1.165) is 19.3 Å². The van der Waals surface area contributed by atoms with E-state index >= 15 is 0 Å². The van der Waals surface area contributed by atoms with Gasteiger partial charge in [-0.2, -0.15) is 0 Å². The van der Waals surface area contributed by atoms with Crippen LogP contribution < -0.4 is 10.6 Å². The van der Waals surface area contributed by atoms with E-state index in [0.29, 0.717) is 12.5 Å². The van der Waals surface area contributed by atoms with Gasteiger partial charge in [0, 0.05) is 18.5 Å². The molecule has 2 N–H and O–H groups in total. The number of nitrogens with one attached hydrogen (secondary N) is 2. The molecule has 1 atom stereocenters. The molecule has 0 aliphatic heterocycles. The topological polar surface area (TPSA) is 41.1 Å². The van der Waals surface area contributed by atoms with Crippen LogP contribution in [0.1, 0.15) is 39.0 Å². The minimum absolute atomic E-state index is 0.0724. The fourth-order valence-corrected chi connectivity index (χ4v) is 1.40. The maximum Gasteiger partial charge on any atom is 0.315 e. The molecule has 1 fully saturated rings. The summed E-state index contributed by atoms with van der Waals surface area (Å²) >= 11 is 0. The molecule has 1 aliphatic rings. The van der Waals surface area contributed by atoms with Gasteiger partial charge in [0.15, 0.2) is 0 Å². The Hall–Kier alpha value is -1.17. The van der Waals surface area contributed by atoms with Gasteiger partial charge in [-0.1, -0.05) is 6.92 Å². The van der Waals surface area contributed by atoms with Crippen LogP contribution in [-0.2, 0) is 0 Å². The summed E-state index contributed by atoms with van der Waals surface area (Å²) in [7, 11) is 0. The number of urea groups is 1. The number of hydrogen-bond donors (Lipinski definition) is 2. The summed E-state index contributed by atoms with van der Waals surface area (Å²) in [4.78, 5) is 11.4. The Morgan fingerprint density at radius 1 is 1.64 bits per heavy atom. The normalized spacial score (nSPS) is 17.7. The number of carbonyl (C=O) groups is 1. The first-order valence-electron chi connectivity index (χ1n) is 5.26. The third-order valence-corrected chi connectivity index (χ3v) is 2.63. The Morgan fingerprint density at radius 2 is 2.36 bits per heavy atom. The molecule has 3 nitrogen and oxygen atoms in total. The zero-order valence-corrected chi connectivity index (χ0v) is 8.68. The van der Waals surface area contributed by atoms with E-state index in [9.17, 15) is 4.79 Å². The summed E-state index contributed by atoms with van der Waals surface area (Å²) in [6, 6.07) is 0.426. The highest BCUT2D eigenvalue weighted by atomic mass is 16.2. The lowest BCUT2D eigenvalue weighted by Crippen LogP contribution is -2.48. The molecule has 2 amide bonds. The zero-order valence-electron chi connectivity index (χ0n) is 8.68. The van der Waals surface area contributed by atoms with E-state index in [2.05, 4.69) is 16.6 Å². The summed E-state index contributed by atoms with van der Waals surface area (Å²) in [5.41, 5.74) is 0. The van der Waals surface area contributed by atoms with Crippen molar-refractivity contribution in [3.8, 4) is 12.3 Å². The zero-order chi connectivity index (χ0) is 10.4. The highest BCUT2D eigenvalue weighted by Gasteiger charge is 2.20. The number of amides is 2. The maximum absolute atomic E-state index is 11.4. The molecule has 78 valence electrons. The van der Waals surface area contributed by atoms with Crippen LogP contribution in [0.3, 0.4) is 0 Å². The molecule has 0 bridgehead atoms. The molecule has 1 aliphatic carbocycles. The lowest BCUT2D eigenvalue weighted by Gasteiger charge is -2.27. The second-order valence-electron chi connectivity index (χ2n) is 3.76. The molecule has 0 heterocycles. The summed E-state index contributed by atoms with van der Waals surface area (Å²) in [5, 5.41) is 5.80. The van der Waals surface area contributed by atoms with E-state index < -0.39 is 0 Å². The molecule has 0 aromatic carbocycles. The second-order valence-corrected chi connectivity index (χ2v) is 3.76. The average Bonchev–Trinajstić information content (AvgIpc) is 2.11. The number of rotatable bonds is 4. The Bertz CT molecular complexity index is 228. The average molecular weight is 194 g/mol. The molecule has 1 unspecified atom stereocenters. The molecule has 1 saturated carbocycles. The van der Waals surface area contributed by atoms with Gasteiger partial charge in [-0.25, -0.2) is 4.79 Å². The van der Waals surface area contributed by atoms with Crippen molar-refractivity contribution in [1.29, 1.82) is 0 Å². The van der Waals surface area contributed by atoms with Crippen molar-refractivity contribution in [2.75, 3.05) is 0 Å². The van der Waals surface area contributed by atoms with Crippen LogP contribution in [0.2, 0.25) is 0 Å². The van der Waals surface area contributed by atoms with Crippen molar-refractivity contribution in [1.82, 2.24) is 10.6 Å². The molecule has 0 aromatic heterocycles. The van der Waals surface area contributed by atoms with Gasteiger partial charge in [-0.15, -0.1) is 12.3 Å². The van der Waals surface area contributed by atoms with E-state index in [1.807, 2.05) is 6.92 Å². The lowest BCUT2D eigenvalue weighted by atomic mass is 9.93. The van der Waals surface area contributed by atoms with Crippen LogP contribution in [-0.4, -0.2) is 18.1 Å². The SMILES string of the molecule is C#CCC(CC)NC(=O)NC1CCC1. The Morgan fingerprint density at radius 3 is 2.79 bits per heavy atom. The number of terminal acetylenes is 1. The van der Waals surface area contributed by atoms with E-state index in [-0.39, 0.29) is 12.1 Å². The van der Waals surface area contributed by atoms with Crippen molar-refractivity contribution in [2.24, 2.45) is 0 Å². The standard InChI is InChI=1S/C11H18N2O/c1-3-6-9(4-2)12-11(14)13-10-7-5-8-10/h1,9-10H,4-8H2,2H3,(H2,12,13,14). The van der Waals surface area contributed by atoms with Gasteiger partial charge in [0.2, 0.25) is 0 Å². The van der Waals surface area contributed by atoms with Gasteiger partial charge >= 0.3 is 6.03 Å². The maximum atomic E-state index is 11.4. The molecule has 0 radical (unpaired) electrons. The van der Waals surface area contributed by atoms with Crippen molar-refractivity contribution in [3.63, 3.8) is 0 Å². The summed E-state index contributed by atoms with van der Waals surface area (Å²) in [6.45, 7) is 2.02. The number of hydrogen-bond acceptors (Lipinski definition) is 1. The minimum Gasteiger partial charge on any atom is -0.335 e. The first kappa shape index (κ1) is 10.9. The van der Waals surface area contributed by atoms with Gasteiger partial charge < -0.3 is 10.6 Å². The fraction of sp³-hybridized carbons (Fsp3) is 0.727. The first-order chi connectivity index (χ1) is 6.76. The molecule has 0 saturated heterocycles. The number of carbonyl (C=O) groups excluding carboxylic acids is 1. The van der Waals surface area contributed by atoms with Gasteiger partial charge in [0.05, 0.1) is 0 Å². The van der Waals surface area contributed by atoms with E-state index in [4.69, 9.17) is 6.42 Å². The highest BCUT2D eigenvalue weighted by Crippen LogP contribution is 2.17. The van der Waals surface area contributed by atoms with Crippen LogP contribution in [0.25, 0.3) is 0 Å². The van der Waals surface area contributed by atoms with Gasteiger partial charge in [0.1, 0.15) is 0 Å². The molecular weight excluding hydrogens is 176 g/mol. The Balaban J connectivity index is 2.20. The van der Waals surface area contributed by atoms with Crippen LogP contribution >= 0.6 is 0 Å². The Labute approximate surface area is 85.6 Å². The van der Waals surface area contributed by atoms with E-state index in [1.54, 1.807) is 0 Å². The van der Waals surface area contributed by atoms with Crippen LogP contribution in [0.15, 0.2) is 0 Å².